The summed E-state index contributed by atoms with van der Waals surface area (Å²) < 4.78 is 5.29. The van der Waals surface area contributed by atoms with Crippen LogP contribution in [0, 0.1) is 0 Å². The van der Waals surface area contributed by atoms with Gasteiger partial charge in [-0.3, -0.25) is 9.59 Å². The number of carbonyl (C=O) groups excluding carboxylic acids is 2. The lowest BCUT2D eigenvalue weighted by atomic mass is 10.0. The molecule has 18 heavy (non-hydrogen) atoms. The average molecular weight is 248 g/mol. The van der Waals surface area contributed by atoms with Crippen molar-refractivity contribution in [3.8, 4) is 5.75 Å². The van der Waals surface area contributed by atoms with Gasteiger partial charge in [-0.15, -0.1) is 0 Å². The van der Waals surface area contributed by atoms with Crippen LogP contribution in [0.15, 0.2) is 18.2 Å². The van der Waals surface area contributed by atoms with Crippen molar-refractivity contribution in [3.63, 3.8) is 0 Å². The van der Waals surface area contributed by atoms with E-state index in [1.807, 2.05) is 25.2 Å². The molecule has 0 aliphatic carbocycles. The monoisotopic (exact) mass is 248 g/mol. The van der Waals surface area contributed by atoms with Gasteiger partial charge in [0.2, 0.25) is 0 Å². The van der Waals surface area contributed by atoms with Crippen LogP contribution in [0.25, 0.3) is 0 Å². The smallest absolute Gasteiger partial charge is 0.262 e. The standard InChI is InChI=1S/C13H16N2O3/c1-8(16)5-10(14-2)9-3-4-12-11(6-9)15-13(17)7-18-12/h3-4,6,10,14H,5,7H2,1-2H3,(H,15,17). The maximum absolute atomic E-state index is 11.2. The Kier molecular flexibility index (Phi) is 3.62. The van der Waals surface area contributed by atoms with Gasteiger partial charge >= 0.3 is 0 Å². The fraction of sp³-hybridized carbons (Fsp3) is 0.385. The molecule has 1 aliphatic heterocycles. The van der Waals surface area contributed by atoms with Crippen LogP contribution in [0.1, 0.15) is 24.9 Å². The summed E-state index contributed by atoms with van der Waals surface area (Å²) in [5.74, 6) is 0.621. The molecule has 1 amide bonds. The molecule has 0 saturated heterocycles. The third-order valence-corrected chi connectivity index (χ3v) is 2.88. The van der Waals surface area contributed by atoms with Crippen LogP contribution in [0.5, 0.6) is 5.75 Å². The summed E-state index contributed by atoms with van der Waals surface area (Å²) in [7, 11) is 1.81. The topological polar surface area (TPSA) is 67.4 Å². The van der Waals surface area contributed by atoms with E-state index in [4.69, 9.17) is 4.74 Å². The summed E-state index contributed by atoms with van der Waals surface area (Å²) in [6.07, 6.45) is 0.421. The van der Waals surface area contributed by atoms with Gasteiger partial charge in [0, 0.05) is 12.5 Å². The number of ether oxygens (including phenoxy) is 1. The van der Waals surface area contributed by atoms with Gasteiger partial charge in [0.1, 0.15) is 11.5 Å². The Bertz CT molecular complexity index is 485. The third kappa shape index (κ3) is 2.68. The molecule has 2 rings (SSSR count). The van der Waals surface area contributed by atoms with Crippen LogP contribution in [0.2, 0.25) is 0 Å². The lowest BCUT2D eigenvalue weighted by molar-refractivity contribution is -0.119. The Morgan fingerprint density at radius 2 is 2.33 bits per heavy atom. The fourth-order valence-corrected chi connectivity index (χ4v) is 1.99. The number of nitrogens with one attached hydrogen (secondary N) is 2. The van der Waals surface area contributed by atoms with E-state index < -0.39 is 0 Å². The predicted octanol–water partition coefficient (Wildman–Crippen LogP) is 1.26. The molecule has 1 atom stereocenters. The molecule has 5 heteroatoms. The first-order valence-electron chi connectivity index (χ1n) is 5.83. The van der Waals surface area contributed by atoms with Gasteiger partial charge in [0.25, 0.3) is 5.91 Å². The first-order chi connectivity index (χ1) is 8.60. The lowest BCUT2D eigenvalue weighted by Crippen LogP contribution is -2.26. The van der Waals surface area contributed by atoms with Gasteiger partial charge in [0.15, 0.2) is 6.61 Å². The average Bonchev–Trinajstić information content (AvgIpc) is 2.34. The lowest BCUT2D eigenvalue weighted by Gasteiger charge is -2.21. The molecule has 0 saturated carbocycles. The highest BCUT2D eigenvalue weighted by Gasteiger charge is 2.18. The van der Waals surface area contributed by atoms with Crippen LogP contribution in [-0.4, -0.2) is 25.3 Å². The van der Waals surface area contributed by atoms with Crippen molar-refractivity contribution < 1.29 is 14.3 Å². The zero-order valence-electron chi connectivity index (χ0n) is 10.4. The molecule has 0 radical (unpaired) electrons. The summed E-state index contributed by atoms with van der Waals surface area (Å²) in [6.45, 7) is 1.61. The Labute approximate surface area is 106 Å². The highest BCUT2D eigenvalue weighted by atomic mass is 16.5. The summed E-state index contributed by atoms with van der Waals surface area (Å²) in [6, 6.07) is 5.51. The fourth-order valence-electron chi connectivity index (χ4n) is 1.99. The zero-order valence-corrected chi connectivity index (χ0v) is 10.4. The number of rotatable bonds is 4. The summed E-state index contributed by atoms with van der Waals surface area (Å²) in [4.78, 5) is 22.4. The maximum atomic E-state index is 11.2. The summed E-state index contributed by atoms with van der Waals surface area (Å²) in [5.41, 5.74) is 1.62. The number of anilines is 1. The minimum atomic E-state index is -0.160. The molecule has 96 valence electrons. The number of benzene rings is 1. The van der Waals surface area contributed by atoms with Crippen molar-refractivity contribution in [2.75, 3.05) is 19.0 Å². The molecule has 0 bridgehead atoms. The second-order valence-corrected chi connectivity index (χ2v) is 4.34. The number of carbonyl (C=O) groups is 2. The molecule has 1 heterocycles. The second kappa shape index (κ2) is 5.18. The second-order valence-electron chi connectivity index (χ2n) is 4.34. The van der Waals surface area contributed by atoms with E-state index in [1.54, 1.807) is 6.92 Å². The molecule has 0 aromatic heterocycles. The first kappa shape index (κ1) is 12.6. The number of Topliss-reactive ketones (excluding diaryl/α,β-unsaturated/α-hetero) is 1. The molecule has 1 aromatic carbocycles. The number of hydrogen-bond acceptors (Lipinski definition) is 4. The van der Waals surface area contributed by atoms with Crippen molar-refractivity contribution in [3.05, 3.63) is 23.8 Å². The molecule has 5 nitrogen and oxygen atoms in total. The molecular formula is C13H16N2O3. The minimum absolute atomic E-state index is 0.0494. The molecule has 0 fully saturated rings. The van der Waals surface area contributed by atoms with Crippen LogP contribution in [0.3, 0.4) is 0 Å². The van der Waals surface area contributed by atoms with Crippen molar-refractivity contribution >= 4 is 17.4 Å². The molecular weight excluding hydrogens is 232 g/mol. The van der Waals surface area contributed by atoms with Crippen LogP contribution in [0.4, 0.5) is 5.69 Å². The van der Waals surface area contributed by atoms with Gasteiger partial charge in [-0.05, 0) is 31.7 Å². The van der Waals surface area contributed by atoms with Crippen LogP contribution in [-0.2, 0) is 9.59 Å². The van der Waals surface area contributed by atoms with Gasteiger partial charge in [-0.2, -0.15) is 0 Å². The Balaban J connectivity index is 2.26. The van der Waals surface area contributed by atoms with E-state index in [-0.39, 0.29) is 24.3 Å². The van der Waals surface area contributed by atoms with E-state index >= 15 is 0 Å². The summed E-state index contributed by atoms with van der Waals surface area (Å²) in [5, 5.41) is 5.85. The normalized spacial score (nSPS) is 15.3. The molecule has 1 unspecified atom stereocenters. The van der Waals surface area contributed by atoms with Crippen molar-refractivity contribution in [1.82, 2.24) is 5.32 Å². The Hall–Kier alpha value is -1.88. The van der Waals surface area contributed by atoms with E-state index in [9.17, 15) is 9.59 Å². The number of ketones is 1. The van der Waals surface area contributed by atoms with Crippen molar-refractivity contribution in [1.29, 1.82) is 0 Å². The first-order valence-corrected chi connectivity index (χ1v) is 5.83. The van der Waals surface area contributed by atoms with Crippen LogP contribution >= 0.6 is 0 Å². The van der Waals surface area contributed by atoms with E-state index in [2.05, 4.69) is 10.6 Å². The Morgan fingerprint density at radius 3 is 3.00 bits per heavy atom. The number of hydrogen-bond donors (Lipinski definition) is 2. The predicted molar refractivity (Wildman–Crippen MR) is 67.7 cm³/mol. The minimum Gasteiger partial charge on any atom is -0.482 e. The van der Waals surface area contributed by atoms with E-state index in [0.29, 0.717) is 17.9 Å². The third-order valence-electron chi connectivity index (χ3n) is 2.88. The number of amides is 1. The Morgan fingerprint density at radius 1 is 1.56 bits per heavy atom. The van der Waals surface area contributed by atoms with E-state index in [1.165, 1.54) is 0 Å². The van der Waals surface area contributed by atoms with Gasteiger partial charge in [-0.1, -0.05) is 6.07 Å². The zero-order chi connectivity index (χ0) is 13.1. The molecule has 0 spiro atoms. The van der Waals surface area contributed by atoms with Gasteiger partial charge < -0.3 is 15.4 Å². The molecule has 1 aromatic rings. The molecule has 1 aliphatic rings. The molecule has 2 N–H and O–H groups in total. The SMILES string of the molecule is CNC(CC(C)=O)c1ccc2c(c1)NC(=O)CO2. The largest absolute Gasteiger partial charge is 0.482 e. The van der Waals surface area contributed by atoms with Gasteiger partial charge in [0.05, 0.1) is 5.69 Å². The number of fused-ring (bicyclic) bond motifs is 1. The highest BCUT2D eigenvalue weighted by molar-refractivity contribution is 5.95. The maximum Gasteiger partial charge on any atom is 0.262 e. The van der Waals surface area contributed by atoms with Crippen molar-refractivity contribution in [2.24, 2.45) is 0 Å². The highest BCUT2D eigenvalue weighted by Crippen LogP contribution is 2.31. The quantitative estimate of drug-likeness (QED) is 0.841. The van der Waals surface area contributed by atoms with Crippen molar-refractivity contribution in [2.45, 2.75) is 19.4 Å². The van der Waals surface area contributed by atoms with E-state index in [0.717, 1.165) is 5.56 Å². The van der Waals surface area contributed by atoms with Crippen LogP contribution < -0.4 is 15.4 Å². The van der Waals surface area contributed by atoms with Gasteiger partial charge in [-0.25, -0.2) is 0 Å². The summed E-state index contributed by atoms with van der Waals surface area (Å²) >= 11 is 0.